The van der Waals surface area contributed by atoms with Gasteiger partial charge in [-0.25, -0.2) is 0 Å². The third-order valence-electron chi connectivity index (χ3n) is 3.91. The quantitative estimate of drug-likeness (QED) is 0.446. The normalized spacial score (nSPS) is 14.4. The van der Waals surface area contributed by atoms with E-state index in [1.165, 1.54) is 11.1 Å². The van der Waals surface area contributed by atoms with E-state index >= 15 is 0 Å². The highest BCUT2D eigenvalue weighted by Crippen LogP contribution is 2.16. The van der Waals surface area contributed by atoms with Gasteiger partial charge in [-0.05, 0) is 52.4 Å². The SMILES string of the molecule is CCC(C=CC(C)=C(C)C)CCC(=O)OC(C)C(C)C. The molecule has 0 fully saturated rings. The second kappa shape index (κ2) is 9.79. The van der Waals surface area contributed by atoms with E-state index < -0.39 is 0 Å². The van der Waals surface area contributed by atoms with Crippen molar-refractivity contribution in [3.8, 4) is 0 Å². The predicted molar refractivity (Wildman–Crippen MR) is 86.6 cm³/mol. The van der Waals surface area contributed by atoms with Crippen molar-refractivity contribution in [1.82, 2.24) is 0 Å². The predicted octanol–water partition coefficient (Wildman–Crippen LogP) is 5.29. The van der Waals surface area contributed by atoms with Gasteiger partial charge in [0.1, 0.15) is 6.10 Å². The van der Waals surface area contributed by atoms with Crippen molar-refractivity contribution in [2.45, 2.75) is 73.8 Å². The topological polar surface area (TPSA) is 26.3 Å². The Kier molecular flexibility index (Phi) is 9.28. The van der Waals surface area contributed by atoms with Gasteiger partial charge in [0.05, 0.1) is 0 Å². The van der Waals surface area contributed by atoms with Crippen LogP contribution < -0.4 is 0 Å². The van der Waals surface area contributed by atoms with E-state index in [2.05, 4.69) is 53.7 Å². The standard InChI is InChI=1S/C18H32O2/c1-8-17(10-9-15(6)13(2)3)11-12-18(19)20-16(7)14(4)5/h9-10,14,16-17H,8,11-12H2,1-7H3. The number of hydrogen-bond acceptors (Lipinski definition) is 2. The molecule has 20 heavy (non-hydrogen) atoms. The lowest BCUT2D eigenvalue weighted by molar-refractivity contribution is -0.150. The molecule has 0 amide bonds. The van der Waals surface area contributed by atoms with E-state index in [1.807, 2.05) is 6.92 Å². The molecule has 0 aromatic heterocycles. The third kappa shape index (κ3) is 8.19. The van der Waals surface area contributed by atoms with Gasteiger partial charge in [0.25, 0.3) is 0 Å². The molecule has 2 atom stereocenters. The lowest BCUT2D eigenvalue weighted by atomic mass is 9.98. The van der Waals surface area contributed by atoms with Crippen molar-refractivity contribution >= 4 is 5.97 Å². The number of allylic oxidation sites excluding steroid dienone is 4. The van der Waals surface area contributed by atoms with Gasteiger partial charge in [-0.3, -0.25) is 4.79 Å². The molecule has 0 saturated carbocycles. The monoisotopic (exact) mass is 280 g/mol. The van der Waals surface area contributed by atoms with Gasteiger partial charge in [0.15, 0.2) is 0 Å². The molecular formula is C18H32O2. The highest BCUT2D eigenvalue weighted by Gasteiger charge is 2.14. The van der Waals surface area contributed by atoms with Crippen LogP contribution in [0.4, 0.5) is 0 Å². The lowest BCUT2D eigenvalue weighted by Crippen LogP contribution is -2.20. The van der Waals surface area contributed by atoms with Gasteiger partial charge in [-0.2, -0.15) is 0 Å². The molecule has 0 aliphatic carbocycles. The summed E-state index contributed by atoms with van der Waals surface area (Å²) in [6.45, 7) is 14.6. The molecule has 0 aliphatic rings. The van der Waals surface area contributed by atoms with Crippen molar-refractivity contribution in [1.29, 1.82) is 0 Å². The summed E-state index contributed by atoms with van der Waals surface area (Å²) in [6.07, 6.45) is 6.83. The molecule has 0 bridgehead atoms. The molecule has 2 heteroatoms. The molecule has 0 spiro atoms. The largest absolute Gasteiger partial charge is 0.462 e. The molecule has 2 nitrogen and oxygen atoms in total. The Balaban J connectivity index is 4.26. The van der Waals surface area contributed by atoms with Crippen molar-refractivity contribution in [3.63, 3.8) is 0 Å². The van der Waals surface area contributed by atoms with Crippen LogP contribution in [-0.4, -0.2) is 12.1 Å². The first-order valence-corrected chi connectivity index (χ1v) is 7.79. The van der Waals surface area contributed by atoms with Crippen LogP contribution in [0.3, 0.4) is 0 Å². The minimum absolute atomic E-state index is 0.00559. The van der Waals surface area contributed by atoms with Crippen molar-refractivity contribution in [2.24, 2.45) is 11.8 Å². The van der Waals surface area contributed by atoms with Crippen LogP contribution in [0, 0.1) is 11.8 Å². The Labute approximate surface area is 125 Å². The zero-order valence-electron chi connectivity index (χ0n) is 14.3. The summed E-state index contributed by atoms with van der Waals surface area (Å²) in [4.78, 5) is 11.8. The van der Waals surface area contributed by atoms with Gasteiger partial charge in [-0.1, -0.05) is 44.1 Å². The average Bonchev–Trinajstić information content (AvgIpc) is 2.38. The third-order valence-corrected chi connectivity index (χ3v) is 3.91. The Morgan fingerprint density at radius 2 is 1.75 bits per heavy atom. The second-order valence-electron chi connectivity index (χ2n) is 6.19. The van der Waals surface area contributed by atoms with Crippen LogP contribution in [0.1, 0.15) is 67.7 Å². The smallest absolute Gasteiger partial charge is 0.306 e. The number of carbonyl (C=O) groups is 1. The minimum Gasteiger partial charge on any atom is -0.462 e. The lowest BCUT2D eigenvalue weighted by Gasteiger charge is -2.17. The van der Waals surface area contributed by atoms with Gasteiger partial charge < -0.3 is 4.74 Å². The molecule has 0 aromatic rings. The zero-order chi connectivity index (χ0) is 15.7. The number of rotatable bonds is 8. The summed E-state index contributed by atoms with van der Waals surface area (Å²) in [5.74, 6) is 0.754. The Hall–Kier alpha value is -1.05. The minimum atomic E-state index is -0.0722. The first-order valence-electron chi connectivity index (χ1n) is 7.79. The molecule has 2 unspecified atom stereocenters. The van der Waals surface area contributed by atoms with Crippen LogP contribution in [0.25, 0.3) is 0 Å². The first kappa shape index (κ1) is 18.9. The Morgan fingerprint density at radius 1 is 1.15 bits per heavy atom. The molecule has 0 radical (unpaired) electrons. The van der Waals surface area contributed by atoms with Gasteiger partial charge >= 0.3 is 5.97 Å². The highest BCUT2D eigenvalue weighted by atomic mass is 16.5. The van der Waals surface area contributed by atoms with Crippen LogP contribution in [-0.2, 0) is 9.53 Å². The molecule has 0 aromatic carbocycles. The van der Waals surface area contributed by atoms with Crippen LogP contribution in [0.15, 0.2) is 23.3 Å². The maximum atomic E-state index is 11.8. The van der Waals surface area contributed by atoms with Crippen molar-refractivity contribution in [3.05, 3.63) is 23.3 Å². The van der Waals surface area contributed by atoms with Gasteiger partial charge in [0, 0.05) is 6.42 Å². The molecule has 116 valence electrons. The number of carbonyl (C=O) groups excluding carboxylic acids is 1. The van der Waals surface area contributed by atoms with E-state index in [9.17, 15) is 4.79 Å². The number of esters is 1. The highest BCUT2D eigenvalue weighted by molar-refractivity contribution is 5.69. The first-order chi connectivity index (χ1) is 9.27. The van der Waals surface area contributed by atoms with Gasteiger partial charge in [0.2, 0.25) is 0 Å². The number of hydrogen-bond donors (Lipinski definition) is 0. The zero-order valence-corrected chi connectivity index (χ0v) is 14.3. The van der Waals surface area contributed by atoms with Crippen LogP contribution in [0.5, 0.6) is 0 Å². The number of ether oxygens (including phenoxy) is 1. The van der Waals surface area contributed by atoms with E-state index in [-0.39, 0.29) is 12.1 Å². The van der Waals surface area contributed by atoms with Crippen molar-refractivity contribution in [2.75, 3.05) is 0 Å². The summed E-state index contributed by atoms with van der Waals surface area (Å²) < 4.78 is 5.40. The summed E-state index contributed by atoms with van der Waals surface area (Å²) in [5.41, 5.74) is 2.64. The van der Waals surface area contributed by atoms with E-state index in [1.54, 1.807) is 0 Å². The van der Waals surface area contributed by atoms with E-state index in [0.717, 1.165) is 12.8 Å². The van der Waals surface area contributed by atoms with Gasteiger partial charge in [-0.15, -0.1) is 0 Å². The average molecular weight is 280 g/mol. The molecule has 0 heterocycles. The summed E-state index contributed by atoms with van der Waals surface area (Å²) in [5, 5.41) is 0. The van der Waals surface area contributed by atoms with E-state index in [0.29, 0.717) is 18.3 Å². The summed E-state index contributed by atoms with van der Waals surface area (Å²) >= 11 is 0. The van der Waals surface area contributed by atoms with Crippen LogP contribution >= 0.6 is 0 Å². The fraction of sp³-hybridized carbons (Fsp3) is 0.722. The molecule has 0 rings (SSSR count). The molecule has 0 N–H and O–H groups in total. The summed E-state index contributed by atoms with van der Waals surface area (Å²) in [7, 11) is 0. The fourth-order valence-corrected chi connectivity index (χ4v) is 1.59. The maximum absolute atomic E-state index is 11.8. The summed E-state index contributed by atoms with van der Waals surface area (Å²) in [6, 6.07) is 0. The maximum Gasteiger partial charge on any atom is 0.306 e. The second-order valence-corrected chi connectivity index (χ2v) is 6.19. The van der Waals surface area contributed by atoms with Crippen LogP contribution in [0.2, 0.25) is 0 Å². The fourth-order valence-electron chi connectivity index (χ4n) is 1.59. The molecular weight excluding hydrogens is 248 g/mol. The van der Waals surface area contributed by atoms with Crippen molar-refractivity contribution < 1.29 is 9.53 Å². The molecule has 0 saturated heterocycles. The Bertz CT molecular complexity index is 346. The Morgan fingerprint density at radius 3 is 2.20 bits per heavy atom. The van der Waals surface area contributed by atoms with E-state index in [4.69, 9.17) is 4.74 Å². The molecule has 0 aliphatic heterocycles.